The van der Waals surface area contributed by atoms with Crippen LogP contribution in [0.15, 0.2) is 24.2 Å². The van der Waals surface area contributed by atoms with Gasteiger partial charge in [-0.05, 0) is 37.9 Å². The van der Waals surface area contributed by atoms with E-state index in [4.69, 9.17) is 11.5 Å². The van der Waals surface area contributed by atoms with Crippen LogP contribution in [0.5, 0.6) is 5.75 Å². The molecule has 1 aromatic rings. The minimum absolute atomic E-state index is 0.181. The molecule has 0 spiro atoms. The molecule has 0 aliphatic carbocycles. The number of aromatic nitrogens is 1. The van der Waals surface area contributed by atoms with Crippen molar-refractivity contribution in [2.75, 3.05) is 6.54 Å². The molecule has 0 radical (unpaired) electrons. The van der Waals surface area contributed by atoms with Crippen LogP contribution in [0.1, 0.15) is 69.8 Å². The van der Waals surface area contributed by atoms with Crippen molar-refractivity contribution in [3.63, 3.8) is 0 Å². The van der Waals surface area contributed by atoms with Gasteiger partial charge in [0.2, 0.25) is 0 Å². The fraction of sp³-hybridized carbons (Fsp3) is 0.611. The van der Waals surface area contributed by atoms with Crippen molar-refractivity contribution in [2.24, 2.45) is 11.5 Å². The summed E-state index contributed by atoms with van der Waals surface area (Å²) in [4.78, 5) is 3.85. The Morgan fingerprint density at radius 2 is 1.59 bits per heavy atom. The summed E-state index contributed by atoms with van der Waals surface area (Å²) in [5.41, 5.74) is 13.0. The number of allylic oxidation sites excluding steroid dienone is 1. The SMILES string of the molecule is NCCCCCCCCCCC/C(N)=C\c1ccncc1O. The molecular formula is C18H31N3O. The third-order valence-electron chi connectivity index (χ3n) is 3.84. The number of rotatable bonds is 12. The van der Waals surface area contributed by atoms with Crippen LogP contribution >= 0.6 is 0 Å². The average Bonchev–Trinajstić information content (AvgIpc) is 2.51. The van der Waals surface area contributed by atoms with Gasteiger partial charge >= 0.3 is 0 Å². The Hall–Kier alpha value is -1.55. The van der Waals surface area contributed by atoms with Gasteiger partial charge < -0.3 is 16.6 Å². The van der Waals surface area contributed by atoms with E-state index in [0.717, 1.165) is 30.6 Å². The van der Waals surface area contributed by atoms with Crippen LogP contribution in [0.2, 0.25) is 0 Å². The van der Waals surface area contributed by atoms with Crippen LogP contribution in [0, 0.1) is 0 Å². The van der Waals surface area contributed by atoms with Crippen molar-refractivity contribution in [1.82, 2.24) is 4.98 Å². The molecule has 1 rings (SSSR count). The van der Waals surface area contributed by atoms with Crippen molar-refractivity contribution in [2.45, 2.75) is 64.2 Å². The maximum absolute atomic E-state index is 9.64. The Morgan fingerprint density at radius 1 is 1.00 bits per heavy atom. The maximum atomic E-state index is 9.64. The van der Waals surface area contributed by atoms with Crippen LogP contribution in [0.4, 0.5) is 0 Å². The van der Waals surface area contributed by atoms with E-state index in [9.17, 15) is 5.11 Å². The van der Waals surface area contributed by atoms with Crippen LogP contribution < -0.4 is 11.5 Å². The van der Waals surface area contributed by atoms with E-state index < -0.39 is 0 Å². The Bertz CT molecular complexity index is 432. The number of hydrogen-bond acceptors (Lipinski definition) is 4. The van der Waals surface area contributed by atoms with Gasteiger partial charge in [0.25, 0.3) is 0 Å². The summed E-state index contributed by atoms with van der Waals surface area (Å²) in [7, 11) is 0. The Morgan fingerprint density at radius 3 is 2.18 bits per heavy atom. The number of nitrogens with zero attached hydrogens (tertiary/aromatic N) is 1. The zero-order chi connectivity index (χ0) is 16.0. The molecule has 5 N–H and O–H groups in total. The molecule has 4 heteroatoms. The molecule has 0 unspecified atom stereocenters. The van der Waals surface area contributed by atoms with Crippen LogP contribution in [-0.2, 0) is 0 Å². The quantitative estimate of drug-likeness (QED) is 0.510. The lowest BCUT2D eigenvalue weighted by Crippen LogP contribution is -1.97. The fourth-order valence-electron chi connectivity index (χ4n) is 2.50. The molecule has 0 fully saturated rings. The lowest BCUT2D eigenvalue weighted by molar-refractivity contribution is 0.471. The van der Waals surface area contributed by atoms with E-state index in [0.29, 0.717) is 0 Å². The van der Waals surface area contributed by atoms with Gasteiger partial charge in [-0.3, -0.25) is 4.98 Å². The molecule has 0 saturated carbocycles. The van der Waals surface area contributed by atoms with Gasteiger partial charge in [-0.25, -0.2) is 0 Å². The molecule has 1 aromatic heterocycles. The largest absolute Gasteiger partial charge is 0.506 e. The molecule has 0 saturated heterocycles. The first-order valence-electron chi connectivity index (χ1n) is 8.53. The highest BCUT2D eigenvalue weighted by Gasteiger charge is 1.99. The first-order valence-corrected chi connectivity index (χ1v) is 8.53. The van der Waals surface area contributed by atoms with Crippen LogP contribution in [0.3, 0.4) is 0 Å². The van der Waals surface area contributed by atoms with Gasteiger partial charge in [0.1, 0.15) is 5.75 Å². The van der Waals surface area contributed by atoms with Gasteiger partial charge in [0, 0.05) is 17.5 Å². The highest BCUT2D eigenvalue weighted by Crippen LogP contribution is 2.18. The molecular weight excluding hydrogens is 274 g/mol. The zero-order valence-corrected chi connectivity index (χ0v) is 13.6. The number of hydrogen-bond donors (Lipinski definition) is 3. The van der Waals surface area contributed by atoms with Crippen molar-refractivity contribution in [1.29, 1.82) is 0 Å². The minimum Gasteiger partial charge on any atom is -0.506 e. The summed E-state index contributed by atoms with van der Waals surface area (Å²) in [5, 5.41) is 9.64. The molecule has 1 heterocycles. The predicted octanol–water partition coefficient (Wildman–Crippen LogP) is 3.95. The highest BCUT2D eigenvalue weighted by molar-refractivity contribution is 5.57. The molecule has 0 aromatic carbocycles. The topological polar surface area (TPSA) is 85.2 Å². The summed E-state index contributed by atoms with van der Waals surface area (Å²) in [6, 6.07) is 1.77. The van der Waals surface area contributed by atoms with Gasteiger partial charge in [-0.1, -0.05) is 44.9 Å². The monoisotopic (exact) mass is 305 g/mol. The van der Waals surface area contributed by atoms with E-state index in [1.54, 1.807) is 12.3 Å². The molecule has 0 amide bonds. The van der Waals surface area contributed by atoms with Gasteiger partial charge in [0.15, 0.2) is 0 Å². The summed E-state index contributed by atoms with van der Waals surface area (Å²) in [6.45, 7) is 0.826. The maximum Gasteiger partial charge on any atom is 0.141 e. The number of pyridine rings is 1. The van der Waals surface area contributed by atoms with Crippen LogP contribution in [-0.4, -0.2) is 16.6 Å². The molecule has 0 aliphatic rings. The fourth-order valence-corrected chi connectivity index (χ4v) is 2.50. The molecule has 0 atom stereocenters. The molecule has 4 nitrogen and oxygen atoms in total. The first kappa shape index (κ1) is 18.5. The van der Waals surface area contributed by atoms with E-state index in [1.807, 2.05) is 6.08 Å². The highest BCUT2D eigenvalue weighted by atomic mass is 16.3. The minimum atomic E-state index is 0.181. The molecule has 22 heavy (non-hydrogen) atoms. The smallest absolute Gasteiger partial charge is 0.141 e. The van der Waals surface area contributed by atoms with Gasteiger partial charge in [-0.15, -0.1) is 0 Å². The van der Waals surface area contributed by atoms with E-state index >= 15 is 0 Å². The number of unbranched alkanes of at least 4 members (excludes halogenated alkanes) is 8. The Labute approximate surface area is 134 Å². The normalized spacial score (nSPS) is 11.8. The molecule has 124 valence electrons. The van der Waals surface area contributed by atoms with Gasteiger partial charge in [0.05, 0.1) is 6.20 Å². The Kier molecular flexibility index (Phi) is 10.1. The summed E-state index contributed by atoms with van der Waals surface area (Å²) in [6.07, 6.45) is 17.2. The third kappa shape index (κ3) is 8.67. The summed E-state index contributed by atoms with van der Waals surface area (Å²) < 4.78 is 0. The predicted molar refractivity (Wildman–Crippen MR) is 93.3 cm³/mol. The number of nitrogens with two attached hydrogens (primary N) is 2. The summed E-state index contributed by atoms with van der Waals surface area (Å²) >= 11 is 0. The lowest BCUT2D eigenvalue weighted by atomic mass is 10.1. The second-order valence-electron chi connectivity index (χ2n) is 5.87. The van der Waals surface area contributed by atoms with Crippen molar-refractivity contribution in [3.8, 4) is 5.75 Å². The lowest BCUT2D eigenvalue weighted by Gasteiger charge is -2.04. The average molecular weight is 305 g/mol. The second-order valence-corrected chi connectivity index (χ2v) is 5.87. The molecule has 0 aliphatic heterocycles. The van der Waals surface area contributed by atoms with E-state index in [-0.39, 0.29) is 5.75 Å². The standard InChI is InChI=1S/C18H31N3O/c19-12-9-7-5-3-1-2-4-6-8-10-17(20)14-16-11-13-21-15-18(16)22/h11,13-15,22H,1-10,12,19-20H2/b17-14+. The molecule has 0 bridgehead atoms. The number of aromatic hydroxyl groups is 1. The second kappa shape index (κ2) is 12.0. The Balaban J connectivity index is 2.04. The van der Waals surface area contributed by atoms with E-state index in [2.05, 4.69) is 4.98 Å². The summed E-state index contributed by atoms with van der Waals surface area (Å²) in [5.74, 6) is 0.181. The van der Waals surface area contributed by atoms with Gasteiger partial charge in [-0.2, -0.15) is 0 Å². The van der Waals surface area contributed by atoms with Crippen molar-refractivity contribution in [3.05, 3.63) is 29.7 Å². The van der Waals surface area contributed by atoms with Crippen LogP contribution in [0.25, 0.3) is 6.08 Å². The third-order valence-corrected chi connectivity index (χ3v) is 3.84. The first-order chi connectivity index (χ1) is 10.7. The van der Waals surface area contributed by atoms with E-state index in [1.165, 1.54) is 57.6 Å². The van der Waals surface area contributed by atoms with Crippen molar-refractivity contribution >= 4 is 6.08 Å². The zero-order valence-electron chi connectivity index (χ0n) is 13.6. The van der Waals surface area contributed by atoms with Crippen molar-refractivity contribution < 1.29 is 5.11 Å².